The number of hydrogen-bond donors (Lipinski definition) is 2. The van der Waals surface area contributed by atoms with Gasteiger partial charge in [-0.05, 0) is 25.4 Å². The molecule has 1 rings (SSSR count). The van der Waals surface area contributed by atoms with Gasteiger partial charge in [0.05, 0.1) is 19.8 Å². The molecule has 1 saturated heterocycles. The van der Waals surface area contributed by atoms with Gasteiger partial charge >= 0.3 is 0 Å². The second kappa shape index (κ2) is 9.30. The third kappa shape index (κ3) is 7.63. The number of carbonyl (C=O) groups excluding carboxylic acids is 1. The van der Waals surface area contributed by atoms with Crippen LogP contribution in [0.15, 0.2) is 0 Å². The minimum atomic E-state index is 0.0927. The maximum Gasteiger partial charge on any atom is 0.233 e. The van der Waals surface area contributed by atoms with Crippen LogP contribution in [0.1, 0.15) is 20.3 Å². The monoisotopic (exact) mass is 257 g/mol. The number of carbonyl (C=O) groups is 1. The molecule has 5 heteroatoms. The minimum absolute atomic E-state index is 0.0927. The van der Waals surface area contributed by atoms with Crippen molar-refractivity contribution >= 4 is 5.91 Å². The first-order valence-electron chi connectivity index (χ1n) is 6.96. The molecular weight excluding hydrogens is 230 g/mol. The van der Waals surface area contributed by atoms with E-state index >= 15 is 0 Å². The van der Waals surface area contributed by atoms with E-state index < -0.39 is 0 Å². The Balaban J connectivity index is 1.89. The molecule has 0 bridgehead atoms. The van der Waals surface area contributed by atoms with Crippen LogP contribution in [0.2, 0.25) is 0 Å². The van der Waals surface area contributed by atoms with E-state index in [0.717, 1.165) is 52.4 Å². The first kappa shape index (κ1) is 15.4. The molecule has 0 aromatic rings. The van der Waals surface area contributed by atoms with Gasteiger partial charge in [-0.1, -0.05) is 13.8 Å². The highest BCUT2D eigenvalue weighted by Gasteiger charge is 2.09. The summed E-state index contributed by atoms with van der Waals surface area (Å²) in [6, 6.07) is 0. The SMILES string of the molecule is CC(C)CNC(=O)CNCCCN1CCOCC1. The Morgan fingerprint density at radius 1 is 1.33 bits per heavy atom. The highest BCUT2D eigenvalue weighted by Crippen LogP contribution is 1.97. The fraction of sp³-hybridized carbons (Fsp3) is 0.923. The van der Waals surface area contributed by atoms with E-state index in [4.69, 9.17) is 4.74 Å². The lowest BCUT2D eigenvalue weighted by Crippen LogP contribution is -2.39. The Morgan fingerprint density at radius 2 is 2.06 bits per heavy atom. The quantitative estimate of drug-likeness (QED) is 0.604. The van der Waals surface area contributed by atoms with Crippen molar-refractivity contribution in [3.05, 3.63) is 0 Å². The van der Waals surface area contributed by atoms with Crippen molar-refractivity contribution in [2.24, 2.45) is 5.92 Å². The maximum absolute atomic E-state index is 11.4. The third-order valence-corrected chi connectivity index (χ3v) is 2.92. The summed E-state index contributed by atoms with van der Waals surface area (Å²) in [7, 11) is 0. The van der Waals surface area contributed by atoms with E-state index in [-0.39, 0.29) is 5.91 Å². The Bertz CT molecular complexity index is 228. The van der Waals surface area contributed by atoms with Crippen LogP contribution in [0.25, 0.3) is 0 Å². The van der Waals surface area contributed by atoms with Crippen LogP contribution >= 0.6 is 0 Å². The maximum atomic E-state index is 11.4. The largest absolute Gasteiger partial charge is 0.379 e. The van der Waals surface area contributed by atoms with Crippen LogP contribution in [0.5, 0.6) is 0 Å². The van der Waals surface area contributed by atoms with E-state index in [1.807, 2.05) is 0 Å². The van der Waals surface area contributed by atoms with E-state index in [9.17, 15) is 4.79 Å². The molecule has 0 aromatic carbocycles. The molecule has 0 aliphatic carbocycles. The summed E-state index contributed by atoms with van der Waals surface area (Å²) in [5.74, 6) is 0.602. The fourth-order valence-electron chi connectivity index (χ4n) is 1.83. The molecule has 0 radical (unpaired) electrons. The van der Waals surface area contributed by atoms with Gasteiger partial charge in [-0.15, -0.1) is 0 Å². The average molecular weight is 257 g/mol. The zero-order chi connectivity index (χ0) is 13.2. The number of nitrogens with one attached hydrogen (secondary N) is 2. The molecule has 0 saturated carbocycles. The highest BCUT2D eigenvalue weighted by atomic mass is 16.5. The zero-order valence-electron chi connectivity index (χ0n) is 11.7. The van der Waals surface area contributed by atoms with Gasteiger partial charge in [-0.2, -0.15) is 0 Å². The molecule has 2 N–H and O–H groups in total. The Morgan fingerprint density at radius 3 is 2.72 bits per heavy atom. The van der Waals surface area contributed by atoms with Gasteiger partial charge in [0, 0.05) is 19.6 Å². The van der Waals surface area contributed by atoms with E-state index in [1.54, 1.807) is 0 Å². The van der Waals surface area contributed by atoms with E-state index in [0.29, 0.717) is 12.5 Å². The van der Waals surface area contributed by atoms with Crippen LogP contribution < -0.4 is 10.6 Å². The molecule has 0 spiro atoms. The smallest absolute Gasteiger partial charge is 0.233 e. The Kier molecular flexibility index (Phi) is 7.96. The molecule has 18 heavy (non-hydrogen) atoms. The zero-order valence-corrected chi connectivity index (χ0v) is 11.7. The fourth-order valence-corrected chi connectivity index (χ4v) is 1.83. The predicted octanol–water partition coefficient (Wildman–Crippen LogP) is 0.0705. The molecule has 1 heterocycles. The molecular formula is C13H27N3O2. The van der Waals surface area contributed by atoms with Crippen molar-refractivity contribution < 1.29 is 9.53 Å². The average Bonchev–Trinajstić information content (AvgIpc) is 2.37. The van der Waals surface area contributed by atoms with Gasteiger partial charge < -0.3 is 15.4 Å². The molecule has 1 aliphatic rings. The topological polar surface area (TPSA) is 53.6 Å². The number of ether oxygens (including phenoxy) is 1. The van der Waals surface area contributed by atoms with Crippen LogP contribution in [-0.2, 0) is 9.53 Å². The van der Waals surface area contributed by atoms with E-state index in [1.165, 1.54) is 0 Å². The van der Waals surface area contributed by atoms with Gasteiger partial charge in [0.15, 0.2) is 0 Å². The van der Waals surface area contributed by atoms with Gasteiger partial charge in [-0.3, -0.25) is 9.69 Å². The molecule has 1 amide bonds. The van der Waals surface area contributed by atoms with Crippen molar-refractivity contribution in [3.63, 3.8) is 0 Å². The summed E-state index contributed by atoms with van der Waals surface area (Å²) in [6.07, 6.45) is 1.08. The van der Waals surface area contributed by atoms with Crippen LogP contribution in [-0.4, -0.2) is 63.3 Å². The number of nitrogens with zero attached hydrogens (tertiary/aromatic N) is 1. The van der Waals surface area contributed by atoms with Gasteiger partial charge in [0.1, 0.15) is 0 Å². The summed E-state index contributed by atoms with van der Waals surface area (Å²) in [4.78, 5) is 13.8. The Hall–Kier alpha value is -0.650. The minimum Gasteiger partial charge on any atom is -0.379 e. The summed E-state index contributed by atoms with van der Waals surface area (Å²) in [5, 5.41) is 6.07. The first-order valence-corrected chi connectivity index (χ1v) is 6.96. The van der Waals surface area contributed by atoms with Crippen molar-refractivity contribution in [2.45, 2.75) is 20.3 Å². The van der Waals surface area contributed by atoms with Crippen LogP contribution in [0.3, 0.4) is 0 Å². The van der Waals surface area contributed by atoms with Crippen molar-refractivity contribution in [2.75, 3.05) is 52.5 Å². The summed E-state index contributed by atoms with van der Waals surface area (Å²) in [5.41, 5.74) is 0. The Labute approximate surface area is 110 Å². The second-order valence-corrected chi connectivity index (χ2v) is 5.18. The van der Waals surface area contributed by atoms with Gasteiger partial charge in [0.25, 0.3) is 0 Å². The van der Waals surface area contributed by atoms with Crippen molar-refractivity contribution in [1.82, 2.24) is 15.5 Å². The lowest BCUT2D eigenvalue weighted by molar-refractivity contribution is -0.120. The molecule has 1 fully saturated rings. The number of morpholine rings is 1. The molecule has 106 valence electrons. The van der Waals surface area contributed by atoms with Gasteiger partial charge in [-0.25, -0.2) is 0 Å². The van der Waals surface area contributed by atoms with E-state index in [2.05, 4.69) is 29.4 Å². The first-order chi connectivity index (χ1) is 8.68. The van der Waals surface area contributed by atoms with Gasteiger partial charge in [0.2, 0.25) is 5.91 Å². The van der Waals surface area contributed by atoms with Crippen molar-refractivity contribution in [3.8, 4) is 0 Å². The number of rotatable bonds is 8. The summed E-state index contributed by atoms with van der Waals surface area (Å²) < 4.78 is 5.29. The van der Waals surface area contributed by atoms with Crippen LogP contribution in [0.4, 0.5) is 0 Å². The predicted molar refractivity (Wildman–Crippen MR) is 72.6 cm³/mol. The normalized spacial score (nSPS) is 17.1. The lowest BCUT2D eigenvalue weighted by Gasteiger charge is -2.26. The molecule has 0 unspecified atom stereocenters. The molecule has 1 aliphatic heterocycles. The van der Waals surface area contributed by atoms with Crippen LogP contribution in [0, 0.1) is 5.92 Å². The second-order valence-electron chi connectivity index (χ2n) is 5.18. The number of hydrogen-bond acceptors (Lipinski definition) is 4. The standard InChI is InChI=1S/C13H27N3O2/c1-12(2)10-15-13(17)11-14-4-3-5-16-6-8-18-9-7-16/h12,14H,3-11H2,1-2H3,(H,15,17). The third-order valence-electron chi connectivity index (χ3n) is 2.92. The summed E-state index contributed by atoms with van der Waals surface area (Å²) >= 11 is 0. The summed E-state index contributed by atoms with van der Waals surface area (Å²) in [6.45, 7) is 11.1. The number of amides is 1. The molecule has 5 nitrogen and oxygen atoms in total. The lowest BCUT2D eigenvalue weighted by atomic mass is 10.2. The highest BCUT2D eigenvalue weighted by molar-refractivity contribution is 5.77. The van der Waals surface area contributed by atoms with Crippen molar-refractivity contribution in [1.29, 1.82) is 0 Å². The molecule has 0 atom stereocenters. The molecule has 0 aromatic heterocycles.